The Hall–Kier alpha value is -1.21. The topological polar surface area (TPSA) is 122 Å². The largest absolute Gasteiger partial charge is 0.469 e. The SMILES string of the molecule is CCCCCCCCC=CCCCCCCCC(=O)NC(C)(COP(=O)(O)O)C(=O)OC. The van der Waals surface area contributed by atoms with Gasteiger partial charge in [-0.25, -0.2) is 9.36 Å². The average molecular weight is 478 g/mol. The Kier molecular flexibility index (Phi) is 17.6. The van der Waals surface area contributed by atoms with Gasteiger partial charge in [-0.15, -0.1) is 0 Å². The molecule has 0 saturated heterocycles. The lowest BCUT2D eigenvalue weighted by molar-refractivity contribution is -0.151. The highest BCUT2D eigenvalue weighted by Gasteiger charge is 2.38. The first-order valence-corrected chi connectivity index (χ1v) is 13.4. The van der Waals surface area contributed by atoms with E-state index in [0.717, 1.165) is 39.2 Å². The van der Waals surface area contributed by atoms with E-state index in [1.807, 2.05) is 0 Å². The molecule has 0 fully saturated rings. The molecule has 8 nitrogen and oxygen atoms in total. The third kappa shape index (κ3) is 17.4. The Balaban J connectivity index is 3.87. The van der Waals surface area contributed by atoms with Crippen molar-refractivity contribution in [2.75, 3.05) is 13.7 Å². The first kappa shape index (κ1) is 30.8. The molecular formula is C23H44NO7P. The van der Waals surface area contributed by atoms with Gasteiger partial charge in [-0.05, 0) is 39.0 Å². The number of ether oxygens (including phenoxy) is 1. The van der Waals surface area contributed by atoms with Crippen molar-refractivity contribution in [1.29, 1.82) is 0 Å². The average Bonchev–Trinajstić information content (AvgIpc) is 2.74. The van der Waals surface area contributed by atoms with Crippen LogP contribution in [0.15, 0.2) is 12.2 Å². The monoisotopic (exact) mass is 477 g/mol. The van der Waals surface area contributed by atoms with E-state index in [2.05, 4.69) is 33.7 Å². The molecule has 0 bridgehead atoms. The molecule has 0 aliphatic rings. The Labute approximate surface area is 193 Å². The molecule has 0 rings (SSSR count). The van der Waals surface area contributed by atoms with Crippen LogP contribution in [-0.2, 0) is 23.4 Å². The van der Waals surface area contributed by atoms with Crippen molar-refractivity contribution in [3.8, 4) is 0 Å². The number of unbranched alkanes of at least 4 members (excludes halogenated alkanes) is 11. The summed E-state index contributed by atoms with van der Waals surface area (Å²) in [6.45, 7) is 2.87. The summed E-state index contributed by atoms with van der Waals surface area (Å²) in [6, 6.07) is 0. The van der Waals surface area contributed by atoms with Crippen molar-refractivity contribution in [2.24, 2.45) is 0 Å². The van der Waals surface area contributed by atoms with Crippen LogP contribution in [0.3, 0.4) is 0 Å². The minimum atomic E-state index is -4.77. The lowest BCUT2D eigenvalue weighted by Gasteiger charge is -2.27. The molecule has 0 aromatic carbocycles. The van der Waals surface area contributed by atoms with Gasteiger partial charge in [-0.2, -0.15) is 0 Å². The predicted octanol–water partition coefficient (Wildman–Crippen LogP) is 5.18. The van der Waals surface area contributed by atoms with E-state index in [1.54, 1.807) is 0 Å². The molecule has 9 heteroatoms. The van der Waals surface area contributed by atoms with E-state index < -0.39 is 25.9 Å². The van der Waals surface area contributed by atoms with Crippen LogP contribution in [-0.4, -0.2) is 40.9 Å². The summed E-state index contributed by atoms with van der Waals surface area (Å²) in [7, 11) is -3.64. The maximum atomic E-state index is 12.2. The van der Waals surface area contributed by atoms with Gasteiger partial charge in [0.2, 0.25) is 5.91 Å². The summed E-state index contributed by atoms with van der Waals surface area (Å²) in [5.74, 6) is -1.21. The number of carbonyl (C=O) groups is 2. The molecule has 0 aliphatic heterocycles. The van der Waals surface area contributed by atoms with Crippen molar-refractivity contribution in [3.63, 3.8) is 0 Å². The maximum absolute atomic E-state index is 12.2. The van der Waals surface area contributed by atoms with E-state index in [9.17, 15) is 14.2 Å². The Morgan fingerprint density at radius 1 is 0.906 bits per heavy atom. The zero-order valence-electron chi connectivity index (χ0n) is 20.1. The lowest BCUT2D eigenvalue weighted by Crippen LogP contribution is -2.55. The molecule has 0 heterocycles. The normalized spacial score (nSPS) is 13.8. The number of methoxy groups -OCH3 is 1. The van der Waals surface area contributed by atoms with Crippen LogP contribution in [0.1, 0.15) is 104 Å². The molecule has 0 saturated carbocycles. The Bertz CT molecular complexity index is 591. The third-order valence-corrected chi connectivity index (χ3v) is 5.70. The third-order valence-electron chi connectivity index (χ3n) is 5.24. The fourth-order valence-corrected chi connectivity index (χ4v) is 3.74. The standard InChI is InChI=1S/C23H44NO7P/c1-4-5-6-7-8-9-10-11-12-13-14-15-16-17-18-19-21(25)24-23(2,22(26)30-3)20-31-32(27,28)29/h11-12H,4-10,13-20H2,1-3H3,(H,24,25)(H2,27,28,29). The Morgan fingerprint density at radius 2 is 1.41 bits per heavy atom. The highest BCUT2D eigenvalue weighted by Crippen LogP contribution is 2.36. The summed E-state index contributed by atoms with van der Waals surface area (Å²) in [5.41, 5.74) is -1.66. The van der Waals surface area contributed by atoms with Crippen molar-refractivity contribution in [3.05, 3.63) is 12.2 Å². The van der Waals surface area contributed by atoms with Crippen LogP contribution in [0, 0.1) is 0 Å². The van der Waals surface area contributed by atoms with E-state index in [4.69, 9.17) is 9.79 Å². The van der Waals surface area contributed by atoms with Crippen molar-refractivity contribution in [1.82, 2.24) is 5.32 Å². The minimum absolute atomic E-state index is 0.223. The molecule has 3 N–H and O–H groups in total. The van der Waals surface area contributed by atoms with E-state index in [-0.39, 0.29) is 12.3 Å². The smallest absolute Gasteiger partial charge is 0.467 e. The summed E-state index contributed by atoms with van der Waals surface area (Å²) in [4.78, 5) is 41.8. The van der Waals surface area contributed by atoms with Crippen molar-refractivity contribution >= 4 is 19.7 Å². The first-order chi connectivity index (χ1) is 15.1. The molecule has 0 spiro atoms. The molecule has 188 valence electrons. The molecule has 0 radical (unpaired) electrons. The zero-order chi connectivity index (χ0) is 24.3. The molecule has 1 unspecified atom stereocenters. The summed E-state index contributed by atoms with van der Waals surface area (Å²) in [5, 5.41) is 2.48. The predicted molar refractivity (Wildman–Crippen MR) is 126 cm³/mol. The van der Waals surface area contributed by atoms with E-state index >= 15 is 0 Å². The van der Waals surface area contributed by atoms with Gasteiger partial charge < -0.3 is 19.8 Å². The van der Waals surface area contributed by atoms with E-state index in [0.29, 0.717) is 6.42 Å². The fraction of sp³-hybridized carbons (Fsp3) is 0.826. The molecule has 1 atom stereocenters. The van der Waals surface area contributed by atoms with Crippen LogP contribution >= 0.6 is 7.82 Å². The summed E-state index contributed by atoms with van der Waals surface area (Å²) in [6.07, 6.45) is 19.9. The van der Waals surface area contributed by atoms with Crippen LogP contribution in [0.2, 0.25) is 0 Å². The van der Waals surface area contributed by atoms with Crippen molar-refractivity contribution in [2.45, 2.75) is 109 Å². The van der Waals surface area contributed by atoms with Gasteiger partial charge in [-0.1, -0.05) is 70.4 Å². The fourth-order valence-electron chi connectivity index (χ4n) is 3.31. The molecule has 0 aromatic rings. The number of esters is 1. The number of hydrogen-bond donors (Lipinski definition) is 3. The molecule has 0 aliphatic carbocycles. The zero-order valence-corrected chi connectivity index (χ0v) is 21.0. The molecule has 1 amide bonds. The lowest BCUT2D eigenvalue weighted by atomic mass is 10.0. The molecule has 32 heavy (non-hydrogen) atoms. The number of carbonyl (C=O) groups excluding carboxylic acids is 2. The van der Waals surface area contributed by atoms with Crippen LogP contribution < -0.4 is 5.32 Å². The number of allylic oxidation sites excluding steroid dienone is 2. The second kappa shape index (κ2) is 18.2. The number of hydrogen-bond acceptors (Lipinski definition) is 5. The van der Waals surface area contributed by atoms with Crippen LogP contribution in [0.5, 0.6) is 0 Å². The van der Waals surface area contributed by atoms with Gasteiger partial charge in [0.05, 0.1) is 13.7 Å². The molecular weight excluding hydrogens is 433 g/mol. The van der Waals surface area contributed by atoms with Gasteiger partial charge >= 0.3 is 13.8 Å². The number of amides is 1. The quantitative estimate of drug-likeness (QED) is 0.0955. The number of phosphoric acid groups is 1. The van der Waals surface area contributed by atoms with Gasteiger partial charge in [-0.3, -0.25) is 9.32 Å². The number of nitrogens with one attached hydrogen (secondary N) is 1. The second-order valence-electron chi connectivity index (χ2n) is 8.47. The second-order valence-corrected chi connectivity index (χ2v) is 9.71. The van der Waals surface area contributed by atoms with Crippen molar-refractivity contribution < 1.29 is 33.2 Å². The number of rotatable bonds is 20. The maximum Gasteiger partial charge on any atom is 0.469 e. The first-order valence-electron chi connectivity index (χ1n) is 11.9. The highest BCUT2D eigenvalue weighted by molar-refractivity contribution is 7.46. The van der Waals surface area contributed by atoms with Gasteiger partial charge in [0.15, 0.2) is 5.54 Å². The summed E-state index contributed by atoms with van der Waals surface area (Å²) < 4.78 is 19.9. The molecule has 0 aromatic heterocycles. The van der Waals surface area contributed by atoms with Crippen LogP contribution in [0.25, 0.3) is 0 Å². The summed E-state index contributed by atoms with van der Waals surface area (Å²) >= 11 is 0. The van der Waals surface area contributed by atoms with Gasteiger partial charge in [0.25, 0.3) is 0 Å². The van der Waals surface area contributed by atoms with Crippen LogP contribution in [0.4, 0.5) is 0 Å². The van der Waals surface area contributed by atoms with Gasteiger partial charge in [0, 0.05) is 6.42 Å². The van der Waals surface area contributed by atoms with E-state index in [1.165, 1.54) is 51.9 Å². The Morgan fingerprint density at radius 3 is 1.91 bits per heavy atom. The van der Waals surface area contributed by atoms with Gasteiger partial charge in [0.1, 0.15) is 0 Å². The number of phosphoric ester groups is 1. The minimum Gasteiger partial charge on any atom is -0.467 e. The highest BCUT2D eigenvalue weighted by atomic mass is 31.2.